The largest absolute Gasteiger partial charge is 0.393 e. The first-order valence-electron chi connectivity index (χ1n) is 5.23. The number of aliphatic hydroxyl groups is 1. The van der Waals surface area contributed by atoms with Crippen LogP contribution < -0.4 is 5.32 Å². The smallest absolute Gasteiger partial charge is 0.224 e. The first-order chi connectivity index (χ1) is 7.49. The molecule has 16 heavy (non-hydrogen) atoms. The van der Waals surface area contributed by atoms with Gasteiger partial charge in [-0.1, -0.05) is 17.7 Å². The van der Waals surface area contributed by atoms with Crippen LogP contribution in [0.2, 0.25) is 5.02 Å². The molecule has 0 spiro atoms. The van der Waals surface area contributed by atoms with Gasteiger partial charge in [-0.3, -0.25) is 4.79 Å². The monoisotopic (exact) mass is 241 g/mol. The summed E-state index contributed by atoms with van der Waals surface area (Å²) in [6, 6.07) is 5.46. The Morgan fingerprint density at radius 1 is 1.56 bits per heavy atom. The molecule has 1 aromatic rings. The van der Waals surface area contributed by atoms with E-state index in [2.05, 4.69) is 5.32 Å². The maximum Gasteiger partial charge on any atom is 0.224 e. The third-order valence-electron chi connectivity index (χ3n) is 2.19. The Balaban J connectivity index is 2.56. The van der Waals surface area contributed by atoms with Crippen LogP contribution in [0.15, 0.2) is 18.2 Å². The minimum absolute atomic E-state index is 0.133. The molecular weight excluding hydrogens is 226 g/mol. The van der Waals surface area contributed by atoms with Gasteiger partial charge >= 0.3 is 0 Å². The number of benzene rings is 1. The summed E-state index contributed by atoms with van der Waals surface area (Å²) in [7, 11) is 0. The maximum absolute atomic E-state index is 11.5. The lowest BCUT2D eigenvalue weighted by Gasteiger charge is -2.08. The van der Waals surface area contributed by atoms with Gasteiger partial charge in [-0.15, -0.1) is 0 Å². The highest BCUT2D eigenvalue weighted by atomic mass is 35.5. The Hall–Kier alpha value is -1.06. The molecular formula is C12H16ClNO2. The molecule has 0 aliphatic carbocycles. The number of carbonyl (C=O) groups excluding carboxylic acids is 1. The molecule has 0 saturated heterocycles. The Morgan fingerprint density at radius 3 is 2.81 bits per heavy atom. The van der Waals surface area contributed by atoms with E-state index in [-0.39, 0.29) is 5.91 Å². The van der Waals surface area contributed by atoms with Gasteiger partial charge in [-0.25, -0.2) is 0 Å². The SMILES string of the molecule is Cc1ccc(NC(=O)CCC(C)O)c(Cl)c1. The summed E-state index contributed by atoms with van der Waals surface area (Å²) < 4.78 is 0. The van der Waals surface area contributed by atoms with Crippen LogP contribution in [-0.2, 0) is 4.79 Å². The molecule has 88 valence electrons. The van der Waals surface area contributed by atoms with Crippen molar-refractivity contribution in [3.05, 3.63) is 28.8 Å². The zero-order valence-electron chi connectivity index (χ0n) is 9.46. The predicted molar refractivity (Wildman–Crippen MR) is 65.7 cm³/mol. The second-order valence-corrected chi connectivity index (χ2v) is 4.33. The molecule has 0 radical (unpaired) electrons. The number of nitrogens with one attached hydrogen (secondary N) is 1. The number of halogens is 1. The molecule has 0 fully saturated rings. The van der Waals surface area contributed by atoms with E-state index in [4.69, 9.17) is 16.7 Å². The van der Waals surface area contributed by atoms with Crippen molar-refractivity contribution in [3.8, 4) is 0 Å². The third-order valence-corrected chi connectivity index (χ3v) is 2.50. The van der Waals surface area contributed by atoms with E-state index in [1.165, 1.54) is 0 Å². The molecule has 0 bridgehead atoms. The normalized spacial score (nSPS) is 12.2. The fourth-order valence-corrected chi connectivity index (χ4v) is 1.56. The molecule has 0 aromatic heterocycles. The molecule has 0 saturated carbocycles. The summed E-state index contributed by atoms with van der Waals surface area (Å²) in [5.41, 5.74) is 1.66. The summed E-state index contributed by atoms with van der Waals surface area (Å²) in [6.45, 7) is 3.59. The van der Waals surface area contributed by atoms with Crippen molar-refractivity contribution < 1.29 is 9.90 Å². The van der Waals surface area contributed by atoms with Crippen molar-refractivity contribution in [1.29, 1.82) is 0 Å². The highest BCUT2D eigenvalue weighted by Gasteiger charge is 2.07. The first kappa shape index (κ1) is 13.0. The Morgan fingerprint density at radius 2 is 2.25 bits per heavy atom. The topological polar surface area (TPSA) is 49.3 Å². The summed E-state index contributed by atoms with van der Waals surface area (Å²) in [5.74, 6) is -0.133. The van der Waals surface area contributed by atoms with Crippen LogP contribution in [0, 0.1) is 6.92 Å². The van der Waals surface area contributed by atoms with Crippen molar-refractivity contribution in [3.63, 3.8) is 0 Å². The van der Waals surface area contributed by atoms with Gasteiger partial charge < -0.3 is 10.4 Å². The van der Waals surface area contributed by atoms with Crippen LogP contribution in [0.1, 0.15) is 25.3 Å². The number of rotatable bonds is 4. The van der Waals surface area contributed by atoms with Gasteiger partial charge in [0.05, 0.1) is 16.8 Å². The number of carbonyl (C=O) groups is 1. The van der Waals surface area contributed by atoms with E-state index in [9.17, 15) is 4.79 Å². The van der Waals surface area contributed by atoms with Gasteiger partial charge in [-0.05, 0) is 38.0 Å². The molecule has 2 N–H and O–H groups in total. The lowest BCUT2D eigenvalue weighted by atomic mass is 10.2. The van der Waals surface area contributed by atoms with Crippen LogP contribution >= 0.6 is 11.6 Å². The molecule has 1 aromatic carbocycles. The summed E-state index contributed by atoms with van der Waals surface area (Å²) >= 11 is 5.97. The Bertz CT molecular complexity index is 377. The summed E-state index contributed by atoms with van der Waals surface area (Å²) in [6.07, 6.45) is 0.288. The Labute approximate surface area is 100 Å². The summed E-state index contributed by atoms with van der Waals surface area (Å²) in [4.78, 5) is 11.5. The van der Waals surface area contributed by atoms with Crippen molar-refractivity contribution in [2.24, 2.45) is 0 Å². The van der Waals surface area contributed by atoms with Crippen LogP contribution in [0.4, 0.5) is 5.69 Å². The zero-order valence-corrected chi connectivity index (χ0v) is 10.2. The maximum atomic E-state index is 11.5. The predicted octanol–water partition coefficient (Wildman–Crippen LogP) is 2.75. The molecule has 1 rings (SSSR count). The van der Waals surface area contributed by atoms with Crippen LogP contribution in [0.3, 0.4) is 0 Å². The molecule has 0 aliphatic rings. The van der Waals surface area contributed by atoms with E-state index in [1.807, 2.05) is 13.0 Å². The quantitative estimate of drug-likeness (QED) is 0.852. The minimum Gasteiger partial charge on any atom is -0.393 e. The van der Waals surface area contributed by atoms with Crippen molar-refractivity contribution in [2.75, 3.05) is 5.32 Å². The number of aryl methyl sites for hydroxylation is 1. The van der Waals surface area contributed by atoms with E-state index < -0.39 is 6.10 Å². The highest BCUT2D eigenvalue weighted by Crippen LogP contribution is 2.22. The van der Waals surface area contributed by atoms with E-state index >= 15 is 0 Å². The number of aliphatic hydroxyl groups excluding tert-OH is 1. The molecule has 1 amide bonds. The standard InChI is InChI=1S/C12H16ClNO2/c1-8-3-5-11(10(13)7-8)14-12(16)6-4-9(2)15/h3,5,7,9,15H,4,6H2,1-2H3,(H,14,16). The van der Waals surface area contributed by atoms with Gasteiger partial charge in [0.1, 0.15) is 0 Å². The van der Waals surface area contributed by atoms with Crippen molar-refractivity contribution in [2.45, 2.75) is 32.8 Å². The Kier molecular flexibility index (Phi) is 4.77. The average molecular weight is 242 g/mol. The molecule has 4 heteroatoms. The van der Waals surface area contributed by atoms with Crippen LogP contribution in [0.25, 0.3) is 0 Å². The lowest BCUT2D eigenvalue weighted by Crippen LogP contribution is -2.14. The molecule has 3 nitrogen and oxygen atoms in total. The fraction of sp³-hybridized carbons (Fsp3) is 0.417. The minimum atomic E-state index is -0.459. The van der Waals surface area contributed by atoms with Gasteiger partial charge in [0.2, 0.25) is 5.91 Å². The number of anilines is 1. The fourth-order valence-electron chi connectivity index (χ4n) is 1.27. The lowest BCUT2D eigenvalue weighted by molar-refractivity contribution is -0.116. The molecule has 1 atom stereocenters. The summed E-state index contributed by atoms with van der Waals surface area (Å²) in [5, 5.41) is 12.3. The van der Waals surface area contributed by atoms with Gasteiger partial charge in [0, 0.05) is 6.42 Å². The molecule has 0 aliphatic heterocycles. The number of hydrogen-bond donors (Lipinski definition) is 2. The van der Waals surface area contributed by atoms with Crippen LogP contribution in [-0.4, -0.2) is 17.1 Å². The highest BCUT2D eigenvalue weighted by molar-refractivity contribution is 6.33. The van der Waals surface area contributed by atoms with E-state index in [0.717, 1.165) is 5.56 Å². The second kappa shape index (κ2) is 5.87. The van der Waals surface area contributed by atoms with Gasteiger partial charge in [-0.2, -0.15) is 0 Å². The van der Waals surface area contributed by atoms with Crippen molar-refractivity contribution >= 4 is 23.2 Å². The first-order valence-corrected chi connectivity index (χ1v) is 5.61. The molecule has 0 heterocycles. The van der Waals surface area contributed by atoms with Gasteiger partial charge in [0.15, 0.2) is 0 Å². The molecule has 1 unspecified atom stereocenters. The number of amides is 1. The van der Waals surface area contributed by atoms with Crippen LogP contribution in [0.5, 0.6) is 0 Å². The van der Waals surface area contributed by atoms with Crippen molar-refractivity contribution in [1.82, 2.24) is 0 Å². The average Bonchev–Trinajstić information content (AvgIpc) is 2.19. The van der Waals surface area contributed by atoms with Gasteiger partial charge in [0.25, 0.3) is 0 Å². The zero-order chi connectivity index (χ0) is 12.1. The van der Waals surface area contributed by atoms with E-state index in [0.29, 0.717) is 23.6 Å². The number of hydrogen-bond acceptors (Lipinski definition) is 2. The second-order valence-electron chi connectivity index (χ2n) is 3.92. The van der Waals surface area contributed by atoms with E-state index in [1.54, 1.807) is 19.1 Å². The third kappa shape index (κ3) is 4.21.